The minimum atomic E-state index is -0.0693. The lowest BCUT2D eigenvalue weighted by molar-refractivity contribution is 0.631. The van der Waals surface area contributed by atoms with E-state index in [1.165, 1.54) is 0 Å². The molecule has 110 valence electrons. The third-order valence-corrected chi connectivity index (χ3v) is 4.77. The Balaban J connectivity index is 2.32. The third-order valence-electron chi connectivity index (χ3n) is 3.85. The van der Waals surface area contributed by atoms with Crippen molar-refractivity contribution in [3.05, 3.63) is 32.8 Å². The second-order valence-corrected chi connectivity index (χ2v) is 6.00. The van der Waals surface area contributed by atoms with Gasteiger partial charge < -0.3 is 5.73 Å². The average molecular weight is 340 g/mol. The van der Waals surface area contributed by atoms with Crippen LogP contribution in [0.3, 0.4) is 0 Å². The van der Waals surface area contributed by atoms with Crippen LogP contribution in [-0.2, 0) is 26.9 Å². The molecule has 2 heterocycles. The number of rotatable bonds is 4. The van der Waals surface area contributed by atoms with Crippen molar-refractivity contribution in [1.29, 1.82) is 0 Å². The zero-order valence-corrected chi connectivity index (χ0v) is 14.3. The molecule has 0 radical (unpaired) electrons. The SMILES string of the molecule is CCc1nn(C)c(CC(N)c2c(C)nn(C)c2C)c1Br. The van der Waals surface area contributed by atoms with E-state index in [9.17, 15) is 0 Å². The Labute approximate surface area is 128 Å². The van der Waals surface area contributed by atoms with Crippen LogP contribution in [0.1, 0.15) is 41.3 Å². The lowest BCUT2D eigenvalue weighted by Gasteiger charge is -2.13. The van der Waals surface area contributed by atoms with Crippen molar-refractivity contribution in [3.63, 3.8) is 0 Å². The predicted molar refractivity (Wildman–Crippen MR) is 83.6 cm³/mol. The van der Waals surface area contributed by atoms with Crippen molar-refractivity contribution in [1.82, 2.24) is 19.6 Å². The highest BCUT2D eigenvalue weighted by atomic mass is 79.9. The van der Waals surface area contributed by atoms with Gasteiger partial charge in [0.15, 0.2) is 0 Å². The predicted octanol–water partition coefficient (Wildman–Crippen LogP) is 2.34. The fourth-order valence-electron chi connectivity index (χ4n) is 2.68. The van der Waals surface area contributed by atoms with Crippen molar-refractivity contribution in [2.75, 3.05) is 0 Å². The van der Waals surface area contributed by atoms with Crippen LogP contribution in [0.2, 0.25) is 0 Å². The molecule has 2 rings (SSSR count). The summed E-state index contributed by atoms with van der Waals surface area (Å²) in [4.78, 5) is 0. The Morgan fingerprint density at radius 3 is 2.30 bits per heavy atom. The van der Waals surface area contributed by atoms with Crippen LogP contribution in [0.15, 0.2) is 4.47 Å². The van der Waals surface area contributed by atoms with Gasteiger partial charge in [-0.1, -0.05) is 6.92 Å². The molecular weight excluding hydrogens is 318 g/mol. The number of halogens is 1. The van der Waals surface area contributed by atoms with Crippen molar-refractivity contribution in [2.24, 2.45) is 19.8 Å². The normalized spacial score (nSPS) is 12.9. The van der Waals surface area contributed by atoms with Gasteiger partial charge in [-0.3, -0.25) is 9.36 Å². The number of hydrogen-bond donors (Lipinski definition) is 1. The maximum absolute atomic E-state index is 6.42. The summed E-state index contributed by atoms with van der Waals surface area (Å²) in [5, 5.41) is 8.96. The molecular formula is C14H22BrN5. The van der Waals surface area contributed by atoms with Crippen LogP contribution in [0.5, 0.6) is 0 Å². The van der Waals surface area contributed by atoms with Gasteiger partial charge in [0.1, 0.15) is 0 Å². The minimum absolute atomic E-state index is 0.0693. The molecule has 0 bridgehead atoms. The van der Waals surface area contributed by atoms with Crippen molar-refractivity contribution >= 4 is 15.9 Å². The smallest absolute Gasteiger partial charge is 0.0766 e. The summed E-state index contributed by atoms with van der Waals surface area (Å²) < 4.78 is 4.89. The maximum atomic E-state index is 6.42. The highest BCUT2D eigenvalue weighted by molar-refractivity contribution is 9.10. The van der Waals surface area contributed by atoms with Gasteiger partial charge in [-0.05, 0) is 36.2 Å². The third kappa shape index (κ3) is 2.54. The van der Waals surface area contributed by atoms with E-state index in [0.29, 0.717) is 0 Å². The molecule has 20 heavy (non-hydrogen) atoms. The molecule has 0 aromatic carbocycles. The number of hydrogen-bond acceptors (Lipinski definition) is 3. The number of nitrogens with zero attached hydrogens (tertiary/aromatic N) is 4. The molecule has 0 aliphatic rings. The van der Waals surface area contributed by atoms with Crippen molar-refractivity contribution in [2.45, 2.75) is 39.7 Å². The highest BCUT2D eigenvalue weighted by Crippen LogP contribution is 2.28. The van der Waals surface area contributed by atoms with Crippen LogP contribution in [0, 0.1) is 13.8 Å². The second kappa shape index (κ2) is 5.69. The molecule has 6 heteroatoms. The minimum Gasteiger partial charge on any atom is -0.324 e. The molecule has 2 N–H and O–H groups in total. The number of aromatic nitrogens is 4. The molecule has 0 aliphatic carbocycles. The lowest BCUT2D eigenvalue weighted by atomic mass is 10.0. The first-order valence-corrected chi connectivity index (χ1v) is 7.62. The van der Waals surface area contributed by atoms with Crippen LogP contribution in [-0.4, -0.2) is 19.6 Å². The number of nitrogens with two attached hydrogens (primary N) is 1. The Hall–Kier alpha value is -1.14. The lowest BCUT2D eigenvalue weighted by Crippen LogP contribution is -2.17. The molecule has 0 saturated heterocycles. The Morgan fingerprint density at radius 2 is 1.85 bits per heavy atom. The topological polar surface area (TPSA) is 61.7 Å². The van der Waals surface area contributed by atoms with Crippen LogP contribution in [0.4, 0.5) is 0 Å². The van der Waals surface area contributed by atoms with Crippen LogP contribution < -0.4 is 5.73 Å². The zero-order chi connectivity index (χ0) is 15.0. The first-order chi connectivity index (χ1) is 9.36. The van der Waals surface area contributed by atoms with E-state index in [1.807, 2.05) is 30.4 Å². The van der Waals surface area contributed by atoms with E-state index < -0.39 is 0 Å². The van der Waals surface area contributed by atoms with Crippen molar-refractivity contribution in [3.8, 4) is 0 Å². The van der Waals surface area contributed by atoms with Crippen LogP contribution >= 0.6 is 15.9 Å². The highest BCUT2D eigenvalue weighted by Gasteiger charge is 2.21. The van der Waals surface area contributed by atoms with Gasteiger partial charge in [0.25, 0.3) is 0 Å². The Morgan fingerprint density at radius 1 is 1.20 bits per heavy atom. The van der Waals surface area contributed by atoms with Gasteiger partial charge in [-0.25, -0.2) is 0 Å². The summed E-state index contributed by atoms with van der Waals surface area (Å²) in [5.41, 5.74) is 11.9. The monoisotopic (exact) mass is 339 g/mol. The van der Waals surface area contributed by atoms with E-state index in [-0.39, 0.29) is 6.04 Å². The van der Waals surface area contributed by atoms with E-state index in [0.717, 1.165) is 45.7 Å². The Bertz CT molecular complexity index is 626. The summed E-state index contributed by atoms with van der Waals surface area (Å²) in [6.45, 7) is 6.18. The first-order valence-electron chi connectivity index (χ1n) is 6.82. The molecule has 0 amide bonds. The molecule has 2 aromatic heterocycles. The van der Waals surface area contributed by atoms with E-state index >= 15 is 0 Å². The van der Waals surface area contributed by atoms with Gasteiger partial charge >= 0.3 is 0 Å². The maximum Gasteiger partial charge on any atom is 0.0766 e. The fourth-order valence-corrected chi connectivity index (χ4v) is 3.46. The quantitative estimate of drug-likeness (QED) is 0.929. The van der Waals surface area contributed by atoms with Crippen molar-refractivity contribution < 1.29 is 0 Å². The molecule has 1 unspecified atom stereocenters. The molecule has 1 atom stereocenters. The van der Waals surface area contributed by atoms with Gasteiger partial charge in [0.2, 0.25) is 0 Å². The molecule has 2 aromatic rings. The molecule has 0 fully saturated rings. The molecule has 0 aliphatic heterocycles. The summed E-state index contributed by atoms with van der Waals surface area (Å²) in [7, 11) is 3.92. The zero-order valence-electron chi connectivity index (χ0n) is 12.7. The van der Waals surface area contributed by atoms with Gasteiger partial charge in [-0.15, -0.1) is 0 Å². The number of aryl methyl sites for hydroxylation is 4. The molecule has 0 spiro atoms. The summed E-state index contributed by atoms with van der Waals surface area (Å²) >= 11 is 3.65. The molecule has 0 saturated carbocycles. The van der Waals surface area contributed by atoms with E-state index in [4.69, 9.17) is 5.73 Å². The summed E-state index contributed by atoms with van der Waals surface area (Å²) in [6, 6.07) is -0.0693. The second-order valence-electron chi connectivity index (χ2n) is 5.20. The van der Waals surface area contributed by atoms with E-state index in [1.54, 1.807) is 0 Å². The summed E-state index contributed by atoms with van der Waals surface area (Å²) in [5.74, 6) is 0. The van der Waals surface area contributed by atoms with Gasteiger partial charge in [-0.2, -0.15) is 10.2 Å². The largest absolute Gasteiger partial charge is 0.324 e. The fraction of sp³-hybridized carbons (Fsp3) is 0.571. The standard InChI is InChI=1S/C14H22BrN5/c1-6-11-14(15)12(20(5)18-11)7-10(16)13-8(2)17-19(4)9(13)3/h10H,6-7,16H2,1-5H3. The average Bonchev–Trinajstić information content (AvgIpc) is 2.79. The van der Waals surface area contributed by atoms with Gasteiger partial charge in [0.05, 0.1) is 21.6 Å². The van der Waals surface area contributed by atoms with Crippen LogP contribution in [0.25, 0.3) is 0 Å². The van der Waals surface area contributed by atoms with E-state index in [2.05, 4.69) is 40.0 Å². The molecule has 5 nitrogen and oxygen atoms in total. The summed E-state index contributed by atoms with van der Waals surface area (Å²) in [6.07, 6.45) is 1.66. The van der Waals surface area contributed by atoms with Gasteiger partial charge in [0, 0.05) is 37.8 Å². The Kier molecular flexibility index (Phi) is 4.34. The first kappa shape index (κ1) is 15.3.